The average molecular weight is 306 g/mol. The molecular formula is C17H26N2OS. The van der Waals surface area contributed by atoms with Crippen LogP contribution in [0.3, 0.4) is 0 Å². The van der Waals surface area contributed by atoms with Crippen LogP contribution >= 0.6 is 11.3 Å². The third kappa shape index (κ3) is 3.02. The maximum Gasteiger partial charge on any atom is 0.241 e. The zero-order chi connectivity index (χ0) is 14.8. The highest BCUT2D eigenvalue weighted by Gasteiger charge is 2.43. The van der Waals surface area contributed by atoms with Crippen LogP contribution in [-0.4, -0.2) is 22.9 Å². The van der Waals surface area contributed by atoms with Crippen LogP contribution in [-0.2, 0) is 4.79 Å². The Hall–Kier alpha value is -0.870. The van der Waals surface area contributed by atoms with Gasteiger partial charge >= 0.3 is 0 Å². The van der Waals surface area contributed by atoms with Gasteiger partial charge in [-0.05, 0) is 36.6 Å². The summed E-state index contributed by atoms with van der Waals surface area (Å²) in [5.74, 6) is 1.07. The molecule has 2 heterocycles. The molecule has 4 unspecified atom stereocenters. The van der Waals surface area contributed by atoms with Crippen LogP contribution in [0.5, 0.6) is 0 Å². The van der Waals surface area contributed by atoms with E-state index >= 15 is 0 Å². The smallest absolute Gasteiger partial charge is 0.241 e. The van der Waals surface area contributed by atoms with Crippen LogP contribution < -0.4 is 5.32 Å². The number of nitrogens with one attached hydrogen (secondary N) is 1. The number of thiophene rings is 1. The molecule has 21 heavy (non-hydrogen) atoms. The zero-order valence-electron chi connectivity index (χ0n) is 13.0. The van der Waals surface area contributed by atoms with Gasteiger partial charge in [-0.15, -0.1) is 11.3 Å². The maximum atomic E-state index is 12.9. The van der Waals surface area contributed by atoms with Crippen molar-refractivity contribution >= 4 is 17.2 Å². The first-order valence-corrected chi connectivity index (χ1v) is 9.20. The van der Waals surface area contributed by atoms with E-state index in [4.69, 9.17) is 0 Å². The van der Waals surface area contributed by atoms with Crippen molar-refractivity contribution in [2.75, 3.05) is 0 Å². The average Bonchev–Trinajstić information content (AvgIpc) is 3.08. The highest BCUT2D eigenvalue weighted by atomic mass is 32.1. The topological polar surface area (TPSA) is 32.3 Å². The molecule has 0 aromatic carbocycles. The van der Waals surface area contributed by atoms with E-state index in [0.717, 1.165) is 25.2 Å². The number of rotatable bonds is 4. The lowest BCUT2D eigenvalue weighted by Gasteiger charge is -2.37. The first-order valence-electron chi connectivity index (χ1n) is 8.32. The second kappa shape index (κ2) is 6.49. The number of carbonyl (C=O) groups is 1. The van der Waals surface area contributed by atoms with E-state index in [9.17, 15) is 4.79 Å². The number of nitrogens with zero attached hydrogens (tertiary/aromatic N) is 1. The van der Waals surface area contributed by atoms with Gasteiger partial charge in [0.15, 0.2) is 0 Å². The molecule has 1 N–H and O–H groups in total. The van der Waals surface area contributed by atoms with E-state index in [2.05, 4.69) is 41.6 Å². The van der Waals surface area contributed by atoms with Gasteiger partial charge in [0.25, 0.3) is 0 Å². The van der Waals surface area contributed by atoms with Crippen molar-refractivity contribution in [3.05, 3.63) is 22.4 Å². The van der Waals surface area contributed by atoms with Crippen LogP contribution in [0.4, 0.5) is 0 Å². The fraction of sp³-hybridized carbons (Fsp3) is 0.706. The summed E-state index contributed by atoms with van der Waals surface area (Å²) in [6, 6.07) is 4.67. The minimum atomic E-state index is 0.0133. The molecule has 3 rings (SSSR count). The number of carbonyl (C=O) groups excluding carboxylic acids is 1. The molecule has 4 heteroatoms. The number of amides is 1. The van der Waals surface area contributed by atoms with Crippen molar-refractivity contribution in [1.82, 2.24) is 10.2 Å². The van der Waals surface area contributed by atoms with Gasteiger partial charge in [-0.3, -0.25) is 10.1 Å². The highest BCUT2D eigenvalue weighted by molar-refractivity contribution is 7.10. The van der Waals surface area contributed by atoms with Crippen molar-refractivity contribution in [2.24, 2.45) is 5.92 Å². The molecule has 4 atom stereocenters. The molecule has 1 amide bonds. The quantitative estimate of drug-likeness (QED) is 0.914. The first-order chi connectivity index (χ1) is 10.2. The molecule has 1 saturated heterocycles. The molecule has 116 valence electrons. The molecule has 3 nitrogen and oxygen atoms in total. The minimum Gasteiger partial charge on any atom is -0.318 e. The van der Waals surface area contributed by atoms with Gasteiger partial charge in [-0.2, -0.15) is 0 Å². The molecule has 1 aliphatic heterocycles. The molecule has 0 spiro atoms. The Morgan fingerprint density at radius 2 is 2.29 bits per heavy atom. The third-order valence-electron chi connectivity index (χ3n) is 4.88. The Labute approximate surface area is 131 Å². The second-order valence-electron chi connectivity index (χ2n) is 6.60. The van der Waals surface area contributed by atoms with Crippen LogP contribution in [0.25, 0.3) is 0 Å². The fourth-order valence-electron chi connectivity index (χ4n) is 3.86. The van der Waals surface area contributed by atoms with Crippen molar-refractivity contribution in [1.29, 1.82) is 0 Å². The Kier molecular flexibility index (Phi) is 4.65. The molecule has 1 saturated carbocycles. The van der Waals surface area contributed by atoms with Gasteiger partial charge in [0.2, 0.25) is 5.91 Å². The molecule has 1 aliphatic carbocycles. The van der Waals surface area contributed by atoms with E-state index in [0.29, 0.717) is 11.9 Å². The van der Waals surface area contributed by atoms with Crippen LogP contribution in [0.1, 0.15) is 63.4 Å². The largest absolute Gasteiger partial charge is 0.318 e. The number of hydrogen-bond acceptors (Lipinski definition) is 3. The Morgan fingerprint density at radius 1 is 1.43 bits per heavy atom. The summed E-state index contributed by atoms with van der Waals surface area (Å²) in [7, 11) is 0. The van der Waals surface area contributed by atoms with Gasteiger partial charge in [-0.1, -0.05) is 39.2 Å². The second-order valence-corrected chi connectivity index (χ2v) is 7.58. The summed E-state index contributed by atoms with van der Waals surface area (Å²) in [6.45, 7) is 4.48. The van der Waals surface area contributed by atoms with Crippen molar-refractivity contribution in [3.8, 4) is 0 Å². The minimum absolute atomic E-state index is 0.0133. The van der Waals surface area contributed by atoms with E-state index in [1.54, 1.807) is 11.3 Å². The first kappa shape index (κ1) is 15.0. The molecule has 0 bridgehead atoms. The van der Waals surface area contributed by atoms with E-state index in [-0.39, 0.29) is 12.2 Å². The van der Waals surface area contributed by atoms with Gasteiger partial charge in [0.1, 0.15) is 6.17 Å². The molecule has 2 fully saturated rings. The predicted molar refractivity (Wildman–Crippen MR) is 87.2 cm³/mol. The summed E-state index contributed by atoms with van der Waals surface area (Å²) in [5, 5.41) is 5.70. The molecule has 2 aliphatic rings. The summed E-state index contributed by atoms with van der Waals surface area (Å²) < 4.78 is 0. The fourth-order valence-corrected chi connectivity index (χ4v) is 4.64. The molecule has 1 aromatic rings. The Bertz CT molecular complexity index is 473. The SMILES string of the molecule is CCCC1NC(c2cccs2)N(C2CCCC(C)C2)C1=O. The van der Waals surface area contributed by atoms with Gasteiger partial charge in [0.05, 0.1) is 6.04 Å². The summed E-state index contributed by atoms with van der Waals surface area (Å²) in [5.41, 5.74) is 0. The van der Waals surface area contributed by atoms with E-state index < -0.39 is 0 Å². The highest BCUT2D eigenvalue weighted by Crippen LogP contribution is 2.37. The maximum absolute atomic E-state index is 12.9. The predicted octanol–water partition coefficient (Wildman–Crippen LogP) is 3.93. The molecular weight excluding hydrogens is 280 g/mol. The number of hydrogen-bond donors (Lipinski definition) is 1. The van der Waals surface area contributed by atoms with Gasteiger partial charge in [-0.25, -0.2) is 0 Å². The van der Waals surface area contributed by atoms with E-state index in [1.165, 1.54) is 24.1 Å². The molecule has 1 aromatic heterocycles. The summed E-state index contributed by atoms with van der Waals surface area (Å²) >= 11 is 1.75. The lowest BCUT2D eigenvalue weighted by molar-refractivity contribution is -0.133. The van der Waals surface area contributed by atoms with Crippen molar-refractivity contribution in [2.45, 2.75) is 70.6 Å². The Balaban J connectivity index is 1.84. The normalized spacial score (nSPS) is 33.6. The van der Waals surface area contributed by atoms with Crippen LogP contribution in [0.2, 0.25) is 0 Å². The van der Waals surface area contributed by atoms with Gasteiger partial charge in [0, 0.05) is 10.9 Å². The Morgan fingerprint density at radius 3 is 2.95 bits per heavy atom. The standard InChI is InChI=1S/C17H26N2OS/c1-3-6-14-17(20)19(13-8-4-7-12(2)11-13)16(18-14)15-9-5-10-21-15/h5,9-10,12-14,16,18H,3-4,6-8,11H2,1-2H3. The lowest BCUT2D eigenvalue weighted by Crippen LogP contribution is -2.42. The summed E-state index contributed by atoms with van der Waals surface area (Å²) in [6.07, 6.45) is 6.99. The summed E-state index contributed by atoms with van der Waals surface area (Å²) in [4.78, 5) is 16.3. The van der Waals surface area contributed by atoms with Crippen molar-refractivity contribution < 1.29 is 4.79 Å². The van der Waals surface area contributed by atoms with Gasteiger partial charge < -0.3 is 4.90 Å². The molecule has 0 radical (unpaired) electrons. The van der Waals surface area contributed by atoms with Crippen molar-refractivity contribution in [3.63, 3.8) is 0 Å². The van der Waals surface area contributed by atoms with Crippen LogP contribution in [0, 0.1) is 5.92 Å². The third-order valence-corrected chi connectivity index (χ3v) is 5.81. The van der Waals surface area contributed by atoms with Crippen LogP contribution in [0.15, 0.2) is 17.5 Å². The lowest BCUT2D eigenvalue weighted by atomic mass is 9.86. The zero-order valence-corrected chi connectivity index (χ0v) is 13.9. The monoisotopic (exact) mass is 306 g/mol. The van der Waals surface area contributed by atoms with E-state index in [1.807, 2.05) is 0 Å².